The third kappa shape index (κ3) is 8.55. The normalized spacial score (nSPS) is 17.4. The molecule has 2 aliphatic rings. The summed E-state index contributed by atoms with van der Waals surface area (Å²) >= 11 is 6.25. The van der Waals surface area contributed by atoms with Crippen LogP contribution in [0.4, 0.5) is 10.1 Å². The van der Waals surface area contributed by atoms with Gasteiger partial charge in [-0.2, -0.15) is 0 Å². The number of hydrogen-bond acceptors (Lipinski definition) is 7. The molecule has 0 bridgehead atoms. The van der Waals surface area contributed by atoms with E-state index in [0.29, 0.717) is 27.9 Å². The van der Waals surface area contributed by atoms with Crippen LogP contribution in [0.5, 0.6) is 0 Å². The molecule has 2 N–H and O–H groups in total. The second-order valence-electron chi connectivity index (χ2n) is 12.9. The van der Waals surface area contributed by atoms with E-state index in [0.717, 1.165) is 22.3 Å². The van der Waals surface area contributed by atoms with Crippen LogP contribution in [0.3, 0.4) is 0 Å². The van der Waals surface area contributed by atoms with Gasteiger partial charge in [-0.3, -0.25) is 19.2 Å². The molecule has 2 heterocycles. The molecule has 0 spiro atoms. The largest absolute Gasteiger partial charge is 0.372 e. The van der Waals surface area contributed by atoms with Crippen molar-refractivity contribution in [3.8, 4) is 11.1 Å². The van der Waals surface area contributed by atoms with Gasteiger partial charge >= 0.3 is 0 Å². The van der Waals surface area contributed by atoms with Crippen LogP contribution >= 0.6 is 24.0 Å². The van der Waals surface area contributed by atoms with E-state index in [1.807, 2.05) is 54.6 Å². The molecule has 5 aromatic carbocycles. The van der Waals surface area contributed by atoms with Gasteiger partial charge in [-0.05, 0) is 77.2 Å². The fourth-order valence-electron chi connectivity index (χ4n) is 6.63. The van der Waals surface area contributed by atoms with Crippen molar-refractivity contribution in [2.24, 2.45) is 0 Å². The molecule has 0 radical (unpaired) electrons. The van der Waals surface area contributed by atoms with E-state index >= 15 is 0 Å². The Bertz CT molecular complexity index is 2260. The van der Waals surface area contributed by atoms with Crippen LogP contribution in [-0.4, -0.2) is 51.4 Å². The number of anilines is 1. The molecule has 2 aliphatic heterocycles. The molecule has 7 rings (SSSR count). The number of thioether (sulfide) groups is 1. The first kappa shape index (κ1) is 36.6. The molecule has 2 atom stereocenters. The highest BCUT2D eigenvalue weighted by molar-refractivity contribution is 8.26. The zero-order valence-corrected chi connectivity index (χ0v) is 30.5. The van der Waals surface area contributed by atoms with E-state index in [9.17, 15) is 23.6 Å². The zero-order chi connectivity index (χ0) is 37.6. The standard InChI is InChI=1S/C43H34FN3O5S2/c44-31-18-16-29(17-19-31)40(49)36-12-6-7-13-37(36)42(51)47-25-34(52-26-30-10-4-5-11-35(30)28-8-2-1-3-9-28)23-33(47)24-39(48)45-32-20-14-27(15-21-32)22-38-41(50)46-43(53)54-38/h1-22,33-34H,23-26H2,(H,45,48)(H,46,50,53)/b38-22-/t33-,34+/m0/s1. The summed E-state index contributed by atoms with van der Waals surface area (Å²) in [4.78, 5) is 55.6. The van der Waals surface area contributed by atoms with Crippen LogP contribution in [0.1, 0.15) is 50.2 Å². The van der Waals surface area contributed by atoms with E-state index in [-0.39, 0.29) is 47.6 Å². The molecular formula is C43H34FN3O5S2. The van der Waals surface area contributed by atoms with E-state index in [4.69, 9.17) is 17.0 Å². The Labute approximate surface area is 321 Å². The zero-order valence-electron chi connectivity index (χ0n) is 28.9. The van der Waals surface area contributed by atoms with Gasteiger partial charge in [-0.15, -0.1) is 0 Å². The maximum atomic E-state index is 14.4. The van der Waals surface area contributed by atoms with E-state index in [1.54, 1.807) is 59.5 Å². The highest BCUT2D eigenvalue weighted by Gasteiger charge is 2.38. The average molecular weight is 756 g/mol. The van der Waals surface area contributed by atoms with Gasteiger partial charge in [0.1, 0.15) is 10.1 Å². The summed E-state index contributed by atoms with van der Waals surface area (Å²) in [5.74, 6) is -1.83. The van der Waals surface area contributed by atoms with Crippen molar-refractivity contribution in [2.75, 3.05) is 11.9 Å². The molecular weight excluding hydrogens is 722 g/mol. The van der Waals surface area contributed by atoms with Crippen molar-refractivity contribution < 1.29 is 28.3 Å². The number of carbonyl (C=O) groups excluding carboxylic acids is 4. The van der Waals surface area contributed by atoms with Crippen molar-refractivity contribution in [2.45, 2.75) is 31.6 Å². The Morgan fingerprint density at radius 1 is 0.870 bits per heavy atom. The summed E-state index contributed by atoms with van der Waals surface area (Å²) in [6, 6.07) is 36.3. The Kier molecular flexibility index (Phi) is 11.2. The second-order valence-corrected chi connectivity index (χ2v) is 14.6. The number of nitrogens with zero attached hydrogens (tertiary/aromatic N) is 1. The molecule has 8 nitrogen and oxygen atoms in total. The molecule has 0 aromatic heterocycles. The Morgan fingerprint density at radius 3 is 2.28 bits per heavy atom. The number of rotatable bonds is 11. The Morgan fingerprint density at radius 2 is 1.56 bits per heavy atom. The number of nitrogens with one attached hydrogen (secondary N) is 2. The lowest BCUT2D eigenvalue weighted by Gasteiger charge is -2.25. The molecule has 0 unspecified atom stereocenters. The molecule has 0 aliphatic carbocycles. The smallest absolute Gasteiger partial charge is 0.263 e. The van der Waals surface area contributed by atoms with Crippen LogP contribution in [0.2, 0.25) is 0 Å². The molecule has 2 saturated heterocycles. The summed E-state index contributed by atoms with van der Waals surface area (Å²) in [6.45, 7) is 0.506. The molecule has 270 valence electrons. The minimum Gasteiger partial charge on any atom is -0.372 e. The number of carbonyl (C=O) groups is 4. The van der Waals surface area contributed by atoms with Gasteiger partial charge in [0.25, 0.3) is 11.8 Å². The first-order chi connectivity index (χ1) is 26.2. The number of ketones is 1. The molecule has 54 heavy (non-hydrogen) atoms. The second kappa shape index (κ2) is 16.5. The van der Waals surface area contributed by atoms with Gasteiger partial charge in [-0.1, -0.05) is 109 Å². The van der Waals surface area contributed by atoms with Crippen molar-refractivity contribution in [1.82, 2.24) is 10.2 Å². The molecule has 2 fully saturated rings. The highest BCUT2D eigenvalue weighted by atomic mass is 32.2. The van der Waals surface area contributed by atoms with Gasteiger partial charge in [0, 0.05) is 35.8 Å². The number of ether oxygens (including phenoxy) is 1. The average Bonchev–Trinajstić information content (AvgIpc) is 3.74. The van der Waals surface area contributed by atoms with Gasteiger partial charge in [0.2, 0.25) is 5.91 Å². The van der Waals surface area contributed by atoms with Crippen LogP contribution in [-0.2, 0) is 20.9 Å². The van der Waals surface area contributed by atoms with E-state index in [2.05, 4.69) is 10.6 Å². The van der Waals surface area contributed by atoms with Crippen molar-refractivity contribution in [3.63, 3.8) is 0 Å². The van der Waals surface area contributed by atoms with Gasteiger partial charge in [-0.25, -0.2) is 4.39 Å². The summed E-state index contributed by atoms with van der Waals surface area (Å²) in [7, 11) is 0. The van der Waals surface area contributed by atoms with Gasteiger partial charge in [0.15, 0.2) is 5.78 Å². The van der Waals surface area contributed by atoms with Crippen LogP contribution < -0.4 is 10.6 Å². The van der Waals surface area contributed by atoms with Crippen molar-refractivity contribution >= 4 is 63.6 Å². The predicted octanol–water partition coefficient (Wildman–Crippen LogP) is 8.04. The van der Waals surface area contributed by atoms with Crippen LogP contribution in [0, 0.1) is 5.82 Å². The van der Waals surface area contributed by atoms with Crippen LogP contribution in [0.15, 0.2) is 132 Å². The first-order valence-corrected chi connectivity index (χ1v) is 18.5. The summed E-state index contributed by atoms with van der Waals surface area (Å²) in [5.41, 5.74) is 5.05. The van der Waals surface area contributed by atoms with E-state index < -0.39 is 23.5 Å². The monoisotopic (exact) mass is 755 g/mol. The van der Waals surface area contributed by atoms with Gasteiger partial charge in [0.05, 0.1) is 23.2 Å². The molecule has 5 aromatic rings. The molecule has 3 amide bonds. The maximum absolute atomic E-state index is 14.4. The number of halogens is 1. The number of benzene rings is 5. The molecule has 11 heteroatoms. The topological polar surface area (TPSA) is 105 Å². The quantitative estimate of drug-likeness (QED) is 0.0799. The first-order valence-electron chi connectivity index (χ1n) is 17.3. The molecule has 0 saturated carbocycles. The third-order valence-electron chi connectivity index (χ3n) is 9.28. The fourth-order valence-corrected chi connectivity index (χ4v) is 7.67. The lowest BCUT2D eigenvalue weighted by Crippen LogP contribution is -2.38. The highest BCUT2D eigenvalue weighted by Crippen LogP contribution is 2.31. The van der Waals surface area contributed by atoms with Gasteiger partial charge < -0.3 is 20.3 Å². The lowest BCUT2D eigenvalue weighted by atomic mass is 9.97. The van der Waals surface area contributed by atoms with Crippen LogP contribution in [0.25, 0.3) is 17.2 Å². The minimum atomic E-state index is -0.536. The number of hydrogen-bond donors (Lipinski definition) is 2. The van der Waals surface area contributed by atoms with E-state index in [1.165, 1.54) is 36.0 Å². The Balaban J connectivity index is 1.10. The summed E-state index contributed by atoms with van der Waals surface area (Å²) < 4.78 is 20.5. The third-order valence-corrected chi connectivity index (χ3v) is 10.4. The minimum absolute atomic E-state index is 0.0136. The Hall–Kier alpha value is -5.75. The SMILES string of the molecule is O=C(C[C@@H]1C[C@@H](OCc2ccccc2-c2ccccc2)CN1C(=O)c1ccccc1C(=O)c1ccc(F)cc1)Nc1ccc(/C=C2\SC(=S)NC2=O)cc1. The van der Waals surface area contributed by atoms with Crippen molar-refractivity contribution in [3.05, 3.63) is 166 Å². The number of amides is 3. The number of thiocarbonyl (C=S) groups is 1. The number of likely N-dealkylation sites (tertiary alicyclic amines) is 1. The summed E-state index contributed by atoms with van der Waals surface area (Å²) in [6.07, 6.45) is 1.72. The maximum Gasteiger partial charge on any atom is 0.263 e. The fraction of sp³-hybridized carbons (Fsp3) is 0.140. The van der Waals surface area contributed by atoms with Crippen molar-refractivity contribution in [1.29, 1.82) is 0 Å². The summed E-state index contributed by atoms with van der Waals surface area (Å²) in [5, 5.41) is 5.52. The predicted molar refractivity (Wildman–Crippen MR) is 212 cm³/mol. The lowest BCUT2D eigenvalue weighted by molar-refractivity contribution is -0.117.